The first-order chi connectivity index (χ1) is 8.58. The SMILES string of the molecule is Cc1ccc(C(=O)O)c(N(C)CC2CCCC2)c1. The number of carboxylic acids is 1. The zero-order valence-corrected chi connectivity index (χ0v) is 11.1. The van der Waals surface area contributed by atoms with Gasteiger partial charge < -0.3 is 10.0 Å². The van der Waals surface area contributed by atoms with Crippen LogP contribution < -0.4 is 4.90 Å². The van der Waals surface area contributed by atoms with Crippen LogP contribution in [-0.4, -0.2) is 24.7 Å². The first-order valence-electron chi connectivity index (χ1n) is 6.63. The molecule has 1 N–H and O–H groups in total. The predicted octanol–water partition coefficient (Wildman–Crippen LogP) is 3.32. The van der Waals surface area contributed by atoms with Crippen molar-refractivity contribution in [2.75, 3.05) is 18.5 Å². The van der Waals surface area contributed by atoms with Crippen molar-refractivity contribution in [2.45, 2.75) is 32.6 Å². The number of nitrogens with zero attached hydrogens (tertiary/aromatic N) is 1. The maximum Gasteiger partial charge on any atom is 0.337 e. The predicted molar refractivity (Wildman–Crippen MR) is 73.4 cm³/mol. The van der Waals surface area contributed by atoms with E-state index < -0.39 is 5.97 Å². The lowest BCUT2D eigenvalue weighted by Crippen LogP contribution is -2.25. The number of anilines is 1. The fourth-order valence-electron chi connectivity index (χ4n) is 2.82. The first-order valence-corrected chi connectivity index (χ1v) is 6.63. The van der Waals surface area contributed by atoms with Gasteiger partial charge in [0, 0.05) is 13.6 Å². The molecule has 0 aliphatic heterocycles. The molecule has 1 fully saturated rings. The van der Waals surface area contributed by atoms with E-state index in [4.69, 9.17) is 0 Å². The van der Waals surface area contributed by atoms with E-state index in [1.807, 2.05) is 26.1 Å². The fourth-order valence-corrected chi connectivity index (χ4v) is 2.82. The van der Waals surface area contributed by atoms with Gasteiger partial charge >= 0.3 is 5.97 Å². The molecule has 0 radical (unpaired) electrons. The van der Waals surface area contributed by atoms with Gasteiger partial charge in [-0.15, -0.1) is 0 Å². The van der Waals surface area contributed by atoms with Crippen molar-refractivity contribution in [3.8, 4) is 0 Å². The molecular weight excluding hydrogens is 226 g/mol. The third-order valence-electron chi connectivity index (χ3n) is 3.80. The number of hydrogen-bond donors (Lipinski definition) is 1. The molecule has 0 spiro atoms. The molecule has 3 nitrogen and oxygen atoms in total. The summed E-state index contributed by atoms with van der Waals surface area (Å²) in [7, 11) is 2.00. The molecule has 98 valence electrons. The monoisotopic (exact) mass is 247 g/mol. The number of aryl methyl sites for hydroxylation is 1. The summed E-state index contributed by atoms with van der Waals surface area (Å²) >= 11 is 0. The average molecular weight is 247 g/mol. The number of carboxylic acid groups (broad SMARTS) is 1. The number of rotatable bonds is 4. The van der Waals surface area contributed by atoms with Crippen LogP contribution in [0.25, 0.3) is 0 Å². The Balaban J connectivity index is 2.19. The number of aromatic carboxylic acids is 1. The van der Waals surface area contributed by atoms with Crippen molar-refractivity contribution in [3.05, 3.63) is 29.3 Å². The first kappa shape index (κ1) is 12.9. The second-order valence-electron chi connectivity index (χ2n) is 5.36. The molecule has 0 bridgehead atoms. The van der Waals surface area contributed by atoms with Gasteiger partial charge in [0.2, 0.25) is 0 Å². The molecule has 1 aromatic carbocycles. The van der Waals surface area contributed by atoms with Gasteiger partial charge in [-0.05, 0) is 43.4 Å². The molecule has 0 aromatic heterocycles. The van der Waals surface area contributed by atoms with Crippen LogP contribution in [0.2, 0.25) is 0 Å². The summed E-state index contributed by atoms with van der Waals surface area (Å²) in [6.07, 6.45) is 5.19. The second-order valence-corrected chi connectivity index (χ2v) is 5.36. The van der Waals surface area contributed by atoms with Gasteiger partial charge in [0.05, 0.1) is 11.3 Å². The number of benzene rings is 1. The van der Waals surface area contributed by atoms with Crippen molar-refractivity contribution in [3.63, 3.8) is 0 Å². The van der Waals surface area contributed by atoms with E-state index in [1.165, 1.54) is 25.7 Å². The molecule has 0 atom stereocenters. The van der Waals surface area contributed by atoms with Gasteiger partial charge in [0.1, 0.15) is 0 Å². The summed E-state index contributed by atoms with van der Waals surface area (Å²) in [6, 6.07) is 5.53. The van der Waals surface area contributed by atoms with Crippen molar-refractivity contribution < 1.29 is 9.90 Å². The van der Waals surface area contributed by atoms with E-state index in [0.29, 0.717) is 5.56 Å². The summed E-state index contributed by atoms with van der Waals surface area (Å²) in [5.41, 5.74) is 2.35. The fraction of sp³-hybridized carbons (Fsp3) is 0.533. The second kappa shape index (κ2) is 5.42. The van der Waals surface area contributed by atoms with Crippen molar-refractivity contribution in [1.29, 1.82) is 0 Å². The van der Waals surface area contributed by atoms with Gasteiger partial charge in [0.15, 0.2) is 0 Å². The third kappa shape index (κ3) is 2.84. The molecule has 1 aromatic rings. The zero-order chi connectivity index (χ0) is 13.1. The molecule has 0 amide bonds. The Morgan fingerprint density at radius 1 is 1.39 bits per heavy atom. The molecule has 1 saturated carbocycles. The molecule has 0 saturated heterocycles. The summed E-state index contributed by atoms with van der Waals surface area (Å²) in [5, 5.41) is 9.24. The molecule has 3 heteroatoms. The Bertz CT molecular complexity index is 436. The molecular formula is C15H21NO2. The van der Waals surface area contributed by atoms with Crippen LogP contribution in [0.4, 0.5) is 5.69 Å². The summed E-state index contributed by atoms with van der Waals surface area (Å²) in [5.74, 6) is -0.125. The summed E-state index contributed by atoms with van der Waals surface area (Å²) in [6.45, 7) is 2.96. The topological polar surface area (TPSA) is 40.5 Å². The zero-order valence-electron chi connectivity index (χ0n) is 11.1. The lowest BCUT2D eigenvalue weighted by Gasteiger charge is -2.25. The van der Waals surface area contributed by atoms with Crippen LogP contribution in [0.3, 0.4) is 0 Å². The van der Waals surface area contributed by atoms with Crippen LogP contribution >= 0.6 is 0 Å². The van der Waals surface area contributed by atoms with Gasteiger partial charge in [-0.2, -0.15) is 0 Å². The minimum Gasteiger partial charge on any atom is -0.478 e. The standard InChI is InChI=1S/C15H21NO2/c1-11-7-8-13(15(17)18)14(9-11)16(2)10-12-5-3-4-6-12/h7-9,12H,3-6,10H2,1-2H3,(H,17,18). The van der Waals surface area contributed by atoms with E-state index in [0.717, 1.165) is 23.7 Å². The summed E-state index contributed by atoms with van der Waals surface area (Å²) in [4.78, 5) is 13.4. The summed E-state index contributed by atoms with van der Waals surface area (Å²) < 4.78 is 0. The smallest absolute Gasteiger partial charge is 0.337 e. The van der Waals surface area contributed by atoms with E-state index >= 15 is 0 Å². The minimum absolute atomic E-state index is 0.404. The Labute approximate surface area is 108 Å². The van der Waals surface area contributed by atoms with Crippen LogP contribution in [-0.2, 0) is 0 Å². The van der Waals surface area contributed by atoms with E-state index in [-0.39, 0.29) is 0 Å². The molecule has 0 heterocycles. The van der Waals surface area contributed by atoms with Crippen LogP contribution in [0.5, 0.6) is 0 Å². The molecule has 1 aliphatic carbocycles. The quantitative estimate of drug-likeness (QED) is 0.887. The average Bonchev–Trinajstić information content (AvgIpc) is 2.81. The Hall–Kier alpha value is -1.51. The highest BCUT2D eigenvalue weighted by molar-refractivity contribution is 5.94. The maximum atomic E-state index is 11.2. The minimum atomic E-state index is -0.844. The Morgan fingerprint density at radius 2 is 2.06 bits per heavy atom. The lowest BCUT2D eigenvalue weighted by atomic mass is 10.1. The normalized spacial score (nSPS) is 15.9. The van der Waals surface area contributed by atoms with E-state index in [9.17, 15) is 9.90 Å². The molecule has 0 unspecified atom stereocenters. The molecule has 18 heavy (non-hydrogen) atoms. The Kier molecular flexibility index (Phi) is 3.90. The highest BCUT2D eigenvalue weighted by atomic mass is 16.4. The van der Waals surface area contributed by atoms with Crippen LogP contribution in [0.15, 0.2) is 18.2 Å². The van der Waals surface area contributed by atoms with Crippen molar-refractivity contribution in [2.24, 2.45) is 5.92 Å². The van der Waals surface area contributed by atoms with Gasteiger partial charge in [0.25, 0.3) is 0 Å². The van der Waals surface area contributed by atoms with Crippen molar-refractivity contribution >= 4 is 11.7 Å². The van der Waals surface area contributed by atoms with Gasteiger partial charge in [-0.3, -0.25) is 0 Å². The third-order valence-corrected chi connectivity index (χ3v) is 3.80. The largest absolute Gasteiger partial charge is 0.478 e. The number of hydrogen-bond acceptors (Lipinski definition) is 2. The van der Waals surface area contributed by atoms with Crippen molar-refractivity contribution in [1.82, 2.24) is 0 Å². The highest BCUT2D eigenvalue weighted by Crippen LogP contribution is 2.28. The lowest BCUT2D eigenvalue weighted by molar-refractivity contribution is 0.0697. The maximum absolute atomic E-state index is 11.2. The van der Waals surface area contributed by atoms with Gasteiger partial charge in [-0.25, -0.2) is 4.79 Å². The van der Waals surface area contributed by atoms with Gasteiger partial charge in [-0.1, -0.05) is 18.9 Å². The highest BCUT2D eigenvalue weighted by Gasteiger charge is 2.19. The number of carbonyl (C=O) groups is 1. The van der Waals surface area contributed by atoms with E-state index in [1.54, 1.807) is 6.07 Å². The molecule has 1 aliphatic rings. The van der Waals surface area contributed by atoms with E-state index in [2.05, 4.69) is 4.90 Å². The molecule has 2 rings (SSSR count). The van der Waals surface area contributed by atoms with Crippen LogP contribution in [0, 0.1) is 12.8 Å². The Morgan fingerprint density at radius 3 is 2.67 bits per heavy atom. The van der Waals surface area contributed by atoms with Crippen LogP contribution in [0.1, 0.15) is 41.6 Å².